The second-order valence-corrected chi connectivity index (χ2v) is 7.46. The molecule has 1 amide bonds. The molecule has 1 aromatic heterocycles. The van der Waals surface area contributed by atoms with Crippen LogP contribution < -0.4 is 15.0 Å². The average Bonchev–Trinajstić information content (AvgIpc) is 2.75. The van der Waals surface area contributed by atoms with Gasteiger partial charge in [-0.2, -0.15) is 0 Å². The maximum Gasteiger partial charge on any atom is 0.262 e. The van der Waals surface area contributed by atoms with Crippen LogP contribution in [0, 0.1) is 0 Å². The van der Waals surface area contributed by atoms with Gasteiger partial charge in [0.05, 0.1) is 22.5 Å². The molecule has 162 valence electrons. The third-order valence-electron chi connectivity index (χ3n) is 4.49. The molecule has 8 heteroatoms. The highest BCUT2D eigenvalue weighted by Crippen LogP contribution is 2.31. The summed E-state index contributed by atoms with van der Waals surface area (Å²) in [5.41, 5.74) is 1.03. The summed E-state index contributed by atoms with van der Waals surface area (Å²) >= 11 is 6.45. The third-order valence-corrected chi connectivity index (χ3v) is 4.78. The molecule has 3 rings (SSSR count). The lowest BCUT2D eigenvalue weighted by atomic mass is 10.1. The predicted molar refractivity (Wildman–Crippen MR) is 122 cm³/mol. The number of benzene rings is 2. The van der Waals surface area contributed by atoms with Gasteiger partial charge < -0.3 is 19.4 Å². The normalized spacial score (nSPS) is 12.5. The Morgan fingerprint density at radius 2 is 1.97 bits per heavy atom. The predicted octanol–water partition coefficient (Wildman–Crippen LogP) is 3.91. The lowest BCUT2D eigenvalue weighted by molar-refractivity contribution is -0.135. The van der Waals surface area contributed by atoms with Gasteiger partial charge in [-0.05, 0) is 49.8 Å². The van der Waals surface area contributed by atoms with Crippen molar-refractivity contribution in [2.75, 3.05) is 20.7 Å². The van der Waals surface area contributed by atoms with Crippen molar-refractivity contribution in [3.05, 3.63) is 64.2 Å². The van der Waals surface area contributed by atoms with Crippen molar-refractivity contribution in [2.45, 2.75) is 20.0 Å². The highest BCUT2D eigenvalue weighted by molar-refractivity contribution is 6.50. The number of para-hydroxylation sites is 1. The van der Waals surface area contributed by atoms with Crippen molar-refractivity contribution in [3.8, 4) is 11.5 Å². The minimum atomic E-state index is -0.661. The van der Waals surface area contributed by atoms with Crippen LogP contribution in [0.5, 0.6) is 11.5 Å². The summed E-state index contributed by atoms with van der Waals surface area (Å²) in [6.07, 6.45) is 1.01. The van der Waals surface area contributed by atoms with Gasteiger partial charge in [0, 0.05) is 14.1 Å². The van der Waals surface area contributed by atoms with Gasteiger partial charge in [-0.3, -0.25) is 9.59 Å². The number of nitrogens with one attached hydrogen (secondary N) is 1. The Bertz CT molecular complexity index is 1190. The smallest absolute Gasteiger partial charge is 0.262 e. The largest absolute Gasteiger partial charge is 0.490 e. The Labute approximate surface area is 185 Å². The molecule has 0 saturated heterocycles. The molecule has 3 aromatic rings. The van der Waals surface area contributed by atoms with Crippen LogP contribution in [0.3, 0.4) is 0 Å². The molecular formula is C23H24ClN3O4. The van der Waals surface area contributed by atoms with E-state index in [2.05, 4.69) is 9.97 Å². The fourth-order valence-electron chi connectivity index (χ4n) is 3.00. The van der Waals surface area contributed by atoms with Crippen LogP contribution in [0.1, 0.15) is 25.2 Å². The van der Waals surface area contributed by atoms with Crippen LogP contribution in [0.15, 0.2) is 47.3 Å². The molecule has 0 aliphatic carbocycles. The second-order valence-electron chi connectivity index (χ2n) is 7.06. The van der Waals surface area contributed by atoms with Crippen LogP contribution >= 0.6 is 11.6 Å². The SMILES string of the molecule is CCOc1cc(/C=C(\Cl)c2nc3ccccc3c(=O)[nH]2)ccc1OC(C)C(=O)N(C)C. The Hall–Kier alpha value is -3.32. The molecule has 0 bridgehead atoms. The summed E-state index contributed by atoms with van der Waals surface area (Å²) in [6, 6.07) is 12.3. The topological polar surface area (TPSA) is 84.5 Å². The molecule has 0 spiro atoms. The Balaban J connectivity index is 1.92. The summed E-state index contributed by atoms with van der Waals surface area (Å²) in [6.45, 7) is 3.97. The van der Waals surface area contributed by atoms with Gasteiger partial charge in [0.15, 0.2) is 23.4 Å². The Morgan fingerprint density at radius 3 is 2.68 bits per heavy atom. The summed E-state index contributed by atoms with van der Waals surface area (Å²) in [5.74, 6) is 1.06. The molecule has 2 aromatic carbocycles. The van der Waals surface area contributed by atoms with Gasteiger partial charge in [-0.15, -0.1) is 0 Å². The number of amides is 1. The minimum absolute atomic E-state index is 0.152. The Kier molecular flexibility index (Phi) is 6.97. The standard InChI is InChI=1S/C23H24ClN3O4/c1-5-30-20-13-15(10-11-19(20)31-14(2)23(29)27(3)4)12-17(24)21-25-18-9-7-6-8-16(18)22(28)26-21/h6-14H,5H2,1-4H3,(H,25,26,28)/b17-12-. The number of fused-ring (bicyclic) bond motifs is 1. The summed E-state index contributed by atoms with van der Waals surface area (Å²) in [7, 11) is 3.35. The van der Waals surface area contributed by atoms with E-state index in [1.54, 1.807) is 63.5 Å². The molecule has 0 radical (unpaired) electrons. The maximum atomic E-state index is 12.3. The minimum Gasteiger partial charge on any atom is -0.490 e. The summed E-state index contributed by atoms with van der Waals surface area (Å²) in [5, 5.41) is 0.771. The van der Waals surface area contributed by atoms with Gasteiger partial charge >= 0.3 is 0 Å². The third kappa shape index (κ3) is 5.24. The average molecular weight is 442 g/mol. The number of rotatable bonds is 7. The zero-order valence-electron chi connectivity index (χ0n) is 17.8. The van der Waals surface area contributed by atoms with Crippen molar-refractivity contribution in [2.24, 2.45) is 0 Å². The summed E-state index contributed by atoms with van der Waals surface area (Å²) < 4.78 is 11.5. The number of likely N-dealkylation sites (N-methyl/N-ethyl adjacent to an activating group) is 1. The van der Waals surface area contributed by atoms with E-state index in [1.165, 1.54) is 4.90 Å². The highest BCUT2D eigenvalue weighted by atomic mass is 35.5. The molecular weight excluding hydrogens is 418 g/mol. The van der Waals surface area contributed by atoms with E-state index in [0.717, 1.165) is 5.56 Å². The van der Waals surface area contributed by atoms with Gasteiger partial charge in [-0.25, -0.2) is 4.98 Å². The van der Waals surface area contributed by atoms with E-state index in [-0.39, 0.29) is 22.3 Å². The van der Waals surface area contributed by atoms with Gasteiger partial charge in [0.2, 0.25) is 0 Å². The first-order valence-electron chi connectivity index (χ1n) is 9.81. The highest BCUT2D eigenvalue weighted by Gasteiger charge is 2.19. The molecule has 0 fully saturated rings. The molecule has 1 unspecified atom stereocenters. The van der Waals surface area contributed by atoms with Crippen LogP contribution in [-0.4, -0.2) is 47.6 Å². The number of aromatic amines is 1. The molecule has 7 nitrogen and oxygen atoms in total. The van der Waals surface area contributed by atoms with E-state index < -0.39 is 6.10 Å². The number of nitrogens with zero attached hydrogens (tertiary/aromatic N) is 2. The number of halogens is 1. The van der Waals surface area contributed by atoms with Crippen LogP contribution in [0.4, 0.5) is 0 Å². The lowest BCUT2D eigenvalue weighted by Gasteiger charge is -2.20. The Morgan fingerprint density at radius 1 is 1.23 bits per heavy atom. The van der Waals surface area contributed by atoms with Crippen molar-refractivity contribution in [3.63, 3.8) is 0 Å². The molecule has 1 heterocycles. The molecule has 0 saturated carbocycles. The number of H-pyrrole nitrogens is 1. The zero-order chi connectivity index (χ0) is 22.5. The molecule has 1 N–H and O–H groups in total. The maximum absolute atomic E-state index is 12.3. The van der Waals surface area contributed by atoms with E-state index in [9.17, 15) is 9.59 Å². The number of carbonyl (C=O) groups is 1. The monoisotopic (exact) mass is 441 g/mol. The second kappa shape index (κ2) is 9.66. The van der Waals surface area contributed by atoms with Crippen LogP contribution in [0.25, 0.3) is 22.0 Å². The van der Waals surface area contributed by atoms with Crippen molar-refractivity contribution in [1.29, 1.82) is 0 Å². The first-order valence-corrected chi connectivity index (χ1v) is 10.2. The fourth-order valence-corrected chi connectivity index (χ4v) is 3.21. The lowest BCUT2D eigenvalue weighted by Crippen LogP contribution is -2.35. The van der Waals surface area contributed by atoms with Crippen molar-refractivity contribution >= 4 is 39.5 Å². The molecule has 0 aliphatic rings. The molecule has 0 aliphatic heterocycles. The summed E-state index contributed by atoms with van der Waals surface area (Å²) in [4.78, 5) is 33.0. The fraction of sp³-hybridized carbons (Fsp3) is 0.261. The first-order chi connectivity index (χ1) is 14.8. The van der Waals surface area contributed by atoms with E-state index in [0.29, 0.717) is 29.0 Å². The number of aromatic nitrogens is 2. The van der Waals surface area contributed by atoms with Gasteiger partial charge in [0.25, 0.3) is 11.5 Å². The van der Waals surface area contributed by atoms with Crippen molar-refractivity contribution in [1.82, 2.24) is 14.9 Å². The van der Waals surface area contributed by atoms with Crippen molar-refractivity contribution < 1.29 is 14.3 Å². The zero-order valence-corrected chi connectivity index (χ0v) is 18.6. The van der Waals surface area contributed by atoms with Gasteiger partial charge in [0.1, 0.15) is 0 Å². The quantitative estimate of drug-likeness (QED) is 0.600. The van der Waals surface area contributed by atoms with Crippen LogP contribution in [-0.2, 0) is 4.79 Å². The van der Waals surface area contributed by atoms with Gasteiger partial charge in [-0.1, -0.05) is 29.8 Å². The number of hydrogen-bond donors (Lipinski definition) is 1. The van der Waals surface area contributed by atoms with E-state index in [4.69, 9.17) is 21.1 Å². The number of hydrogen-bond acceptors (Lipinski definition) is 5. The first kappa shape index (κ1) is 22.4. The number of ether oxygens (including phenoxy) is 2. The van der Waals surface area contributed by atoms with Crippen LogP contribution in [0.2, 0.25) is 0 Å². The molecule has 1 atom stereocenters. The van der Waals surface area contributed by atoms with E-state index in [1.807, 2.05) is 13.0 Å². The molecule has 31 heavy (non-hydrogen) atoms. The number of carbonyl (C=O) groups excluding carboxylic acids is 1. The van der Waals surface area contributed by atoms with E-state index >= 15 is 0 Å².